The van der Waals surface area contributed by atoms with E-state index in [0.717, 1.165) is 13.1 Å². The van der Waals surface area contributed by atoms with Crippen LogP contribution in [0, 0.1) is 11.8 Å². The molecule has 1 saturated heterocycles. The molecule has 2 aliphatic rings. The highest BCUT2D eigenvalue weighted by Gasteiger charge is 2.46. The molecule has 1 amide bonds. The van der Waals surface area contributed by atoms with Crippen molar-refractivity contribution in [3.05, 3.63) is 23.8 Å². The van der Waals surface area contributed by atoms with Crippen LogP contribution in [0.5, 0.6) is 11.5 Å². The number of carbonyl (C=O) groups is 1. The van der Waals surface area contributed by atoms with Gasteiger partial charge in [0.1, 0.15) is 11.5 Å². The number of fused-ring (bicyclic) bond motifs is 1. The Bertz CT molecular complexity index is 427. The molecular weight excluding hydrogens is 206 g/mol. The predicted molar refractivity (Wildman–Crippen MR) is 57.3 cm³/mol. The molecule has 1 aromatic rings. The molecule has 1 saturated carbocycles. The molecule has 3 rings (SSSR count). The maximum Gasteiger partial charge on any atom is 0.254 e. The summed E-state index contributed by atoms with van der Waals surface area (Å²) in [6, 6.07) is 4.01. The number of phenolic OH excluding ortho intramolecular Hbond substituents is 2. The van der Waals surface area contributed by atoms with Crippen molar-refractivity contribution in [3.8, 4) is 11.5 Å². The monoisotopic (exact) mass is 219 g/mol. The van der Waals surface area contributed by atoms with E-state index in [9.17, 15) is 15.0 Å². The van der Waals surface area contributed by atoms with E-state index in [4.69, 9.17) is 0 Å². The van der Waals surface area contributed by atoms with Gasteiger partial charge < -0.3 is 15.1 Å². The summed E-state index contributed by atoms with van der Waals surface area (Å²) in [5, 5.41) is 18.6. The molecule has 4 heteroatoms. The summed E-state index contributed by atoms with van der Waals surface area (Å²) in [4.78, 5) is 13.8. The number of benzene rings is 1. The zero-order valence-electron chi connectivity index (χ0n) is 8.76. The van der Waals surface area contributed by atoms with E-state index in [-0.39, 0.29) is 17.4 Å². The fourth-order valence-corrected chi connectivity index (χ4v) is 2.47. The molecule has 0 spiro atoms. The Morgan fingerprint density at radius 2 is 1.69 bits per heavy atom. The van der Waals surface area contributed by atoms with Gasteiger partial charge in [-0.15, -0.1) is 0 Å². The van der Waals surface area contributed by atoms with Gasteiger partial charge in [-0.05, 0) is 30.4 Å². The first-order valence-corrected chi connectivity index (χ1v) is 5.46. The van der Waals surface area contributed by atoms with Crippen molar-refractivity contribution in [3.63, 3.8) is 0 Å². The van der Waals surface area contributed by atoms with Crippen molar-refractivity contribution < 1.29 is 15.0 Å². The molecule has 0 bridgehead atoms. The zero-order valence-corrected chi connectivity index (χ0v) is 8.76. The minimum Gasteiger partial charge on any atom is -0.508 e. The van der Waals surface area contributed by atoms with Crippen LogP contribution in [0.4, 0.5) is 0 Å². The quantitative estimate of drug-likeness (QED) is 0.745. The van der Waals surface area contributed by atoms with Crippen molar-refractivity contribution in [2.24, 2.45) is 11.8 Å². The Kier molecular flexibility index (Phi) is 1.87. The van der Waals surface area contributed by atoms with Gasteiger partial charge in [0.2, 0.25) is 0 Å². The smallest absolute Gasteiger partial charge is 0.254 e. The van der Waals surface area contributed by atoms with Gasteiger partial charge in [0.05, 0.1) is 0 Å². The standard InChI is InChI=1S/C12H13NO3/c14-10-2-7(3-11(15)4-10)12(16)13-5-8-1-9(8)6-13/h2-4,8-9,14-15H,1,5-6H2. The van der Waals surface area contributed by atoms with Crippen LogP contribution in [0.2, 0.25) is 0 Å². The third-order valence-corrected chi connectivity index (χ3v) is 3.42. The van der Waals surface area contributed by atoms with Crippen LogP contribution in [0.25, 0.3) is 0 Å². The van der Waals surface area contributed by atoms with Gasteiger partial charge in [0.15, 0.2) is 0 Å². The van der Waals surface area contributed by atoms with E-state index in [2.05, 4.69) is 0 Å². The van der Waals surface area contributed by atoms with E-state index in [1.807, 2.05) is 0 Å². The SMILES string of the molecule is O=C(c1cc(O)cc(O)c1)N1CC2CC2C1. The average Bonchev–Trinajstić information content (AvgIpc) is 2.83. The first-order chi connectivity index (χ1) is 7.63. The zero-order chi connectivity index (χ0) is 11.3. The van der Waals surface area contributed by atoms with Crippen molar-refractivity contribution in [2.75, 3.05) is 13.1 Å². The largest absolute Gasteiger partial charge is 0.508 e. The third-order valence-electron chi connectivity index (χ3n) is 3.42. The summed E-state index contributed by atoms with van der Waals surface area (Å²) in [7, 11) is 0. The molecule has 1 aliphatic heterocycles. The van der Waals surface area contributed by atoms with E-state index in [0.29, 0.717) is 17.4 Å². The molecule has 1 heterocycles. The van der Waals surface area contributed by atoms with Gasteiger partial charge in [-0.1, -0.05) is 0 Å². The molecule has 2 unspecified atom stereocenters. The summed E-state index contributed by atoms with van der Waals surface area (Å²) in [5.74, 6) is 1.13. The highest BCUT2D eigenvalue weighted by atomic mass is 16.3. The van der Waals surface area contributed by atoms with Crippen LogP contribution < -0.4 is 0 Å². The molecule has 4 nitrogen and oxygen atoms in total. The third kappa shape index (κ3) is 1.50. The van der Waals surface area contributed by atoms with Gasteiger partial charge in [0.25, 0.3) is 5.91 Å². The fourth-order valence-electron chi connectivity index (χ4n) is 2.47. The molecular formula is C12H13NO3. The van der Waals surface area contributed by atoms with E-state index in [1.54, 1.807) is 4.90 Å². The lowest BCUT2D eigenvalue weighted by Gasteiger charge is -2.18. The van der Waals surface area contributed by atoms with Gasteiger partial charge in [-0.2, -0.15) is 0 Å². The summed E-state index contributed by atoms with van der Waals surface area (Å²) in [6.07, 6.45) is 1.25. The number of piperidine rings is 1. The number of hydrogen-bond acceptors (Lipinski definition) is 3. The maximum absolute atomic E-state index is 12.0. The summed E-state index contributed by atoms with van der Waals surface area (Å²) < 4.78 is 0. The number of phenols is 2. The number of rotatable bonds is 1. The Morgan fingerprint density at radius 1 is 1.12 bits per heavy atom. The van der Waals surface area contributed by atoms with Crippen LogP contribution in [0.3, 0.4) is 0 Å². The second kappa shape index (κ2) is 3.14. The molecule has 16 heavy (non-hydrogen) atoms. The van der Waals surface area contributed by atoms with Crippen LogP contribution in [0.15, 0.2) is 18.2 Å². The molecule has 2 atom stereocenters. The lowest BCUT2D eigenvalue weighted by atomic mass is 10.1. The van der Waals surface area contributed by atoms with Gasteiger partial charge in [-0.25, -0.2) is 0 Å². The summed E-state index contributed by atoms with van der Waals surface area (Å²) >= 11 is 0. The number of aromatic hydroxyl groups is 2. The fraction of sp³-hybridized carbons (Fsp3) is 0.417. The second-order valence-corrected chi connectivity index (χ2v) is 4.70. The number of likely N-dealkylation sites (tertiary alicyclic amines) is 1. The Balaban J connectivity index is 1.83. The van der Waals surface area contributed by atoms with Crippen LogP contribution in [0.1, 0.15) is 16.8 Å². The van der Waals surface area contributed by atoms with Gasteiger partial charge in [0, 0.05) is 24.7 Å². The number of amides is 1. The summed E-state index contributed by atoms with van der Waals surface area (Å²) in [6.45, 7) is 1.64. The molecule has 1 aliphatic carbocycles. The van der Waals surface area contributed by atoms with E-state index >= 15 is 0 Å². The highest BCUT2D eigenvalue weighted by molar-refractivity contribution is 5.95. The first-order valence-electron chi connectivity index (χ1n) is 5.46. The molecule has 0 radical (unpaired) electrons. The van der Waals surface area contributed by atoms with Gasteiger partial charge in [-0.3, -0.25) is 4.79 Å². The molecule has 84 valence electrons. The van der Waals surface area contributed by atoms with Crippen LogP contribution in [-0.4, -0.2) is 34.1 Å². The lowest BCUT2D eigenvalue weighted by Crippen LogP contribution is -2.30. The van der Waals surface area contributed by atoms with E-state index in [1.165, 1.54) is 24.6 Å². The van der Waals surface area contributed by atoms with Gasteiger partial charge >= 0.3 is 0 Å². The Morgan fingerprint density at radius 3 is 2.25 bits per heavy atom. The number of carbonyl (C=O) groups excluding carboxylic acids is 1. The molecule has 0 aromatic heterocycles. The maximum atomic E-state index is 12.0. The Hall–Kier alpha value is -1.71. The number of nitrogens with zero attached hydrogens (tertiary/aromatic N) is 1. The average molecular weight is 219 g/mol. The minimum atomic E-state index is -0.0987. The van der Waals surface area contributed by atoms with Crippen molar-refractivity contribution in [2.45, 2.75) is 6.42 Å². The molecule has 2 N–H and O–H groups in total. The first kappa shape index (κ1) is 9.51. The summed E-state index contributed by atoms with van der Waals surface area (Å²) in [5.41, 5.74) is 0.360. The van der Waals surface area contributed by atoms with E-state index < -0.39 is 0 Å². The van der Waals surface area contributed by atoms with Crippen molar-refractivity contribution in [1.82, 2.24) is 4.90 Å². The molecule has 1 aromatic carbocycles. The van der Waals surface area contributed by atoms with Crippen molar-refractivity contribution >= 4 is 5.91 Å². The minimum absolute atomic E-state index is 0.0762. The van der Waals surface area contributed by atoms with Crippen LogP contribution >= 0.6 is 0 Å². The van der Waals surface area contributed by atoms with Crippen LogP contribution in [-0.2, 0) is 0 Å². The molecule has 2 fully saturated rings. The number of hydrogen-bond donors (Lipinski definition) is 2. The lowest BCUT2D eigenvalue weighted by molar-refractivity contribution is 0.0774. The highest BCUT2D eigenvalue weighted by Crippen LogP contribution is 2.45. The Labute approximate surface area is 93.1 Å². The topological polar surface area (TPSA) is 60.8 Å². The van der Waals surface area contributed by atoms with Crippen molar-refractivity contribution in [1.29, 1.82) is 0 Å². The normalized spacial score (nSPS) is 26.6. The second-order valence-electron chi connectivity index (χ2n) is 4.70. The predicted octanol–water partition coefficient (Wildman–Crippen LogP) is 1.19.